The Morgan fingerprint density at radius 1 is 1.25 bits per heavy atom. The molecule has 2 aromatic rings. The highest BCUT2D eigenvalue weighted by molar-refractivity contribution is 5.42. The Kier molecular flexibility index (Phi) is 3.06. The van der Waals surface area contributed by atoms with Crippen molar-refractivity contribution in [3.8, 4) is 5.69 Å². The first-order valence-electron chi connectivity index (χ1n) is 5.47. The SMILES string of the molecule is CNCc1cc(C)ccc1-n1ccc(C)n1. The summed E-state index contributed by atoms with van der Waals surface area (Å²) in [6.07, 6.45) is 2.00. The second-order valence-electron chi connectivity index (χ2n) is 4.06. The molecular formula is C13H17N3. The van der Waals surface area contributed by atoms with E-state index in [1.807, 2.05) is 30.9 Å². The van der Waals surface area contributed by atoms with E-state index in [4.69, 9.17) is 0 Å². The van der Waals surface area contributed by atoms with Crippen molar-refractivity contribution in [2.45, 2.75) is 20.4 Å². The minimum absolute atomic E-state index is 0.857. The van der Waals surface area contributed by atoms with Crippen molar-refractivity contribution in [3.05, 3.63) is 47.3 Å². The summed E-state index contributed by atoms with van der Waals surface area (Å²) < 4.78 is 1.93. The molecule has 0 fully saturated rings. The van der Waals surface area contributed by atoms with E-state index in [9.17, 15) is 0 Å². The number of rotatable bonds is 3. The smallest absolute Gasteiger partial charge is 0.0690 e. The highest BCUT2D eigenvalue weighted by Gasteiger charge is 2.05. The van der Waals surface area contributed by atoms with E-state index in [-0.39, 0.29) is 0 Å². The van der Waals surface area contributed by atoms with Gasteiger partial charge in [0, 0.05) is 12.7 Å². The third kappa shape index (κ3) is 2.14. The van der Waals surface area contributed by atoms with Crippen LogP contribution in [0.15, 0.2) is 30.5 Å². The molecule has 2 rings (SSSR count). The molecule has 0 aliphatic heterocycles. The van der Waals surface area contributed by atoms with Crippen molar-refractivity contribution < 1.29 is 0 Å². The molecule has 1 N–H and O–H groups in total. The van der Waals surface area contributed by atoms with E-state index in [1.165, 1.54) is 11.1 Å². The topological polar surface area (TPSA) is 29.9 Å². The summed E-state index contributed by atoms with van der Waals surface area (Å²) in [6.45, 7) is 4.97. The van der Waals surface area contributed by atoms with Crippen molar-refractivity contribution in [2.75, 3.05) is 7.05 Å². The molecule has 0 atom stereocenters. The molecule has 0 spiro atoms. The first-order chi connectivity index (χ1) is 7.70. The average molecular weight is 215 g/mol. The first kappa shape index (κ1) is 10.9. The van der Waals surface area contributed by atoms with Crippen molar-refractivity contribution in [3.63, 3.8) is 0 Å². The molecule has 3 heteroatoms. The lowest BCUT2D eigenvalue weighted by Crippen LogP contribution is -2.09. The largest absolute Gasteiger partial charge is 0.316 e. The molecule has 1 heterocycles. The van der Waals surface area contributed by atoms with Crippen LogP contribution in [0.3, 0.4) is 0 Å². The molecule has 0 unspecified atom stereocenters. The van der Waals surface area contributed by atoms with Gasteiger partial charge in [-0.2, -0.15) is 5.10 Å². The van der Waals surface area contributed by atoms with Gasteiger partial charge in [0.2, 0.25) is 0 Å². The van der Waals surface area contributed by atoms with Gasteiger partial charge in [-0.1, -0.05) is 17.7 Å². The van der Waals surface area contributed by atoms with E-state index in [1.54, 1.807) is 0 Å². The van der Waals surface area contributed by atoms with Gasteiger partial charge in [0.1, 0.15) is 0 Å². The Morgan fingerprint density at radius 2 is 2.06 bits per heavy atom. The van der Waals surface area contributed by atoms with Crippen LogP contribution in [0.2, 0.25) is 0 Å². The van der Waals surface area contributed by atoms with E-state index >= 15 is 0 Å². The van der Waals surface area contributed by atoms with Crippen molar-refractivity contribution in [1.82, 2.24) is 15.1 Å². The minimum atomic E-state index is 0.857. The number of nitrogens with zero attached hydrogens (tertiary/aromatic N) is 2. The Labute approximate surface area is 96.1 Å². The lowest BCUT2D eigenvalue weighted by molar-refractivity contribution is 0.784. The zero-order valence-electron chi connectivity index (χ0n) is 9.99. The van der Waals surface area contributed by atoms with Gasteiger partial charge in [0.25, 0.3) is 0 Å². The lowest BCUT2D eigenvalue weighted by atomic mass is 10.1. The predicted octanol–water partition coefficient (Wildman–Crippen LogP) is 2.21. The fraction of sp³-hybridized carbons (Fsp3) is 0.308. The number of hydrogen-bond donors (Lipinski definition) is 1. The number of nitrogens with one attached hydrogen (secondary N) is 1. The van der Waals surface area contributed by atoms with Crippen LogP contribution in [-0.4, -0.2) is 16.8 Å². The maximum atomic E-state index is 4.44. The molecule has 3 nitrogen and oxygen atoms in total. The molecule has 1 aromatic carbocycles. The van der Waals surface area contributed by atoms with Gasteiger partial charge in [0.15, 0.2) is 0 Å². The Hall–Kier alpha value is -1.61. The average Bonchev–Trinajstić information content (AvgIpc) is 2.65. The monoisotopic (exact) mass is 215 g/mol. The van der Waals surface area contributed by atoms with E-state index < -0.39 is 0 Å². The van der Waals surface area contributed by atoms with E-state index in [2.05, 4.69) is 35.5 Å². The second kappa shape index (κ2) is 4.49. The van der Waals surface area contributed by atoms with Crippen LogP contribution >= 0.6 is 0 Å². The van der Waals surface area contributed by atoms with Gasteiger partial charge < -0.3 is 5.32 Å². The molecule has 1 aromatic heterocycles. The molecule has 0 amide bonds. The fourth-order valence-electron chi connectivity index (χ4n) is 1.82. The van der Waals surface area contributed by atoms with Gasteiger partial charge in [-0.3, -0.25) is 0 Å². The van der Waals surface area contributed by atoms with Crippen LogP contribution in [0, 0.1) is 13.8 Å². The summed E-state index contributed by atoms with van der Waals surface area (Å²) in [6, 6.07) is 8.45. The number of benzene rings is 1. The van der Waals surface area contributed by atoms with E-state index in [0.29, 0.717) is 0 Å². The van der Waals surface area contributed by atoms with Gasteiger partial charge >= 0.3 is 0 Å². The van der Waals surface area contributed by atoms with Gasteiger partial charge in [-0.25, -0.2) is 4.68 Å². The number of aromatic nitrogens is 2. The maximum absolute atomic E-state index is 4.44. The third-order valence-electron chi connectivity index (χ3n) is 2.57. The number of aryl methyl sites for hydroxylation is 2. The van der Waals surface area contributed by atoms with Crippen molar-refractivity contribution in [1.29, 1.82) is 0 Å². The van der Waals surface area contributed by atoms with Gasteiger partial charge in [0.05, 0.1) is 11.4 Å². The number of hydrogen-bond acceptors (Lipinski definition) is 2. The van der Waals surface area contributed by atoms with Crippen LogP contribution in [-0.2, 0) is 6.54 Å². The lowest BCUT2D eigenvalue weighted by Gasteiger charge is -2.10. The van der Waals surface area contributed by atoms with Crippen LogP contribution in [0.5, 0.6) is 0 Å². The summed E-state index contributed by atoms with van der Waals surface area (Å²) in [5.41, 5.74) is 4.73. The molecule has 0 aliphatic rings. The summed E-state index contributed by atoms with van der Waals surface area (Å²) in [4.78, 5) is 0. The standard InChI is InChI=1S/C13H17N3/c1-10-4-5-13(12(8-10)9-14-3)16-7-6-11(2)15-16/h4-8,14H,9H2,1-3H3. The first-order valence-corrected chi connectivity index (χ1v) is 5.47. The third-order valence-corrected chi connectivity index (χ3v) is 2.57. The van der Waals surface area contributed by atoms with Crippen LogP contribution < -0.4 is 5.32 Å². The minimum Gasteiger partial charge on any atom is -0.316 e. The second-order valence-corrected chi connectivity index (χ2v) is 4.06. The summed E-state index contributed by atoms with van der Waals surface area (Å²) in [5.74, 6) is 0. The Morgan fingerprint density at radius 3 is 2.69 bits per heavy atom. The molecule has 0 aliphatic carbocycles. The zero-order valence-corrected chi connectivity index (χ0v) is 9.99. The summed E-state index contributed by atoms with van der Waals surface area (Å²) >= 11 is 0. The van der Waals surface area contributed by atoms with Crippen molar-refractivity contribution in [2.24, 2.45) is 0 Å². The van der Waals surface area contributed by atoms with Crippen LogP contribution in [0.1, 0.15) is 16.8 Å². The maximum Gasteiger partial charge on any atom is 0.0690 e. The highest BCUT2D eigenvalue weighted by atomic mass is 15.3. The molecule has 16 heavy (non-hydrogen) atoms. The molecule has 0 saturated carbocycles. The summed E-state index contributed by atoms with van der Waals surface area (Å²) in [5, 5.41) is 7.63. The molecule has 84 valence electrons. The molecule has 0 radical (unpaired) electrons. The van der Waals surface area contributed by atoms with Crippen LogP contribution in [0.4, 0.5) is 0 Å². The normalized spacial score (nSPS) is 10.7. The molecular weight excluding hydrogens is 198 g/mol. The molecule has 0 saturated heterocycles. The summed E-state index contributed by atoms with van der Waals surface area (Å²) in [7, 11) is 1.96. The van der Waals surface area contributed by atoms with E-state index in [0.717, 1.165) is 17.9 Å². The Balaban J connectivity index is 2.47. The van der Waals surface area contributed by atoms with Crippen LogP contribution in [0.25, 0.3) is 5.69 Å². The van der Waals surface area contributed by atoms with Gasteiger partial charge in [-0.15, -0.1) is 0 Å². The predicted molar refractivity (Wildman–Crippen MR) is 65.8 cm³/mol. The Bertz CT molecular complexity index is 486. The quantitative estimate of drug-likeness (QED) is 0.850. The zero-order chi connectivity index (χ0) is 11.5. The molecule has 0 bridgehead atoms. The van der Waals surface area contributed by atoms with Crippen molar-refractivity contribution >= 4 is 0 Å². The highest BCUT2D eigenvalue weighted by Crippen LogP contribution is 2.16. The fourth-order valence-corrected chi connectivity index (χ4v) is 1.82. The van der Waals surface area contributed by atoms with Gasteiger partial charge in [-0.05, 0) is 38.6 Å².